The fourth-order valence-corrected chi connectivity index (χ4v) is 12.6. The van der Waals surface area contributed by atoms with E-state index in [1.165, 1.54) is 18.9 Å². The Hall–Kier alpha value is -4.41. The van der Waals surface area contributed by atoms with E-state index in [2.05, 4.69) is 17.1 Å². The van der Waals surface area contributed by atoms with Crippen molar-refractivity contribution in [2.45, 2.75) is 113 Å². The van der Waals surface area contributed by atoms with Gasteiger partial charge in [-0.2, -0.15) is 0 Å². The number of benzene rings is 3. The van der Waals surface area contributed by atoms with Crippen LogP contribution in [0.15, 0.2) is 18.2 Å². The van der Waals surface area contributed by atoms with Crippen LogP contribution in [0.1, 0.15) is 107 Å². The van der Waals surface area contributed by atoms with Gasteiger partial charge in [-0.05, 0) is 74.5 Å². The summed E-state index contributed by atoms with van der Waals surface area (Å²) in [6, 6.07) is 3.17. The largest absolute Gasteiger partial charge is 0.504 e. The number of fused-ring (bicyclic) bond motifs is 9. The number of aryl methyl sites for hydroxylation is 1. The van der Waals surface area contributed by atoms with Gasteiger partial charge in [-0.3, -0.25) is 19.9 Å². The Kier molecular flexibility index (Phi) is 10.8. The predicted molar refractivity (Wildman–Crippen MR) is 222 cm³/mol. The Balaban J connectivity index is 1.27. The van der Waals surface area contributed by atoms with E-state index in [1.54, 1.807) is 19.2 Å². The van der Waals surface area contributed by atoms with Gasteiger partial charge in [0.05, 0.1) is 37.6 Å². The third-order valence-electron chi connectivity index (χ3n) is 13.7. The number of hydrogen-bond donors (Lipinski definition) is 4. The van der Waals surface area contributed by atoms with E-state index in [0.29, 0.717) is 76.6 Å². The number of rotatable bonds is 9. The molecule has 2 saturated heterocycles. The highest BCUT2D eigenvalue weighted by molar-refractivity contribution is 7.99. The number of nitrogens with one attached hydrogen (secondary N) is 1. The minimum absolute atomic E-state index is 0.0172. The zero-order valence-electron chi connectivity index (χ0n) is 35.1. The number of carbonyl (C=O) groups is 2. The number of thioether (sulfide) groups is 1. The number of phenols is 2. The van der Waals surface area contributed by atoms with Gasteiger partial charge < -0.3 is 43.7 Å². The van der Waals surface area contributed by atoms with Crippen LogP contribution in [0.3, 0.4) is 0 Å². The lowest BCUT2D eigenvalue weighted by Crippen LogP contribution is -2.70. The second-order valence-electron chi connectivity index (χ2n) is 17.0. The van der Waals surface area contributed by atoms with Crippen LogP contribution in [0.5, 0.6) is 40.2 Å². The zero-order valence-corrected chi connectivity index (χ0v) is 35.9. The van der Waals surface area contributed by atoms with Crippen LogP contribution in [0.2, 0.25) is 0 Å². The number of esters is 2. The van der Waals surface area contributed by atoms with E-state index in [9.17, 15) is 24.9 Å². The number of piperazine rings is 1. The lowest BCUT2D eigenvalue weighted by atomic mass is 9.73. The molecule has 7 atom stereocenters. The second kappa shape index (κ2) is 15.8. The van der Waals surface area contributed by atoms with Gasteiger partial charge in [-0.25, -0.2) is 4.79 Å². The quantitative estimate of drug-likeness (QED) is 0.117. The molecule has 0 aromatic heterocycles. The summed E-state index contributed by atoms with van der Waals surface area (Å²) >= 11 is 1.49. The number of aliphatic hydroxyl groups is 1. The average Bonchev–Trinajstić information content (AvgIpc) is 3.72. The predicted octanol–water partition coefficient (Wildman–Crippen LogP) is 5.75. The molecule has 4 bridgehead atoms. The molecule has 7 heterocycles. The lowest BCUT2D eigenvalue weighted by molar-refractivity contribution is -0.186. The molecule has 14 nitrogen and oxygen atoms in total. The third kappa shape index (κ3) is 6.20. The molecule has 4 N–H and O–H groups in total. The number of phenolic OH excluding ortho intramolecular Hbond substituents is 2. The molecule has 0 radical (unpaired) electrons. The van der Waals surface area contributed by atoms with Gasteiger partial charge in [0.25, 0.3) is 0 Å². The summed E-state index contributed by atoms with van der Waals surface area (Å²) in [6.45, 7) is 6.14. The molecule has 322 valence electrons. The van der Waals surface area contributed by atoms with E-state index in [1.807, 2.05) is 31.9 Å². The molecule has 3 aromatic rings. The maximum absolute atomic E-state index is 14.8. The number of methoxy groups -OCH3 is 2. The van der Waals surface area contributed by atoms with Crippen molar-refractivity contribution in [2.24, 2.45) is 0 Å². The first-order valence-corrected chi connectivity index (χ1v) is 22.2. The first-order chi connectivity index (χ1) is 28.9. The van der Waals surface area contributed by atoms with Crippen molar-refractivity contribution in [1.82, 2.24) is 15.1 Å². The van der Waals surface area contributed by atoms with Gasteiger partial charge in [0.1, 0.15) is 18.6 Å². The Bertz CT molecular complexity index is 2230. The molecule has 60 heavy (non-hydrogen) atoms. The topological polar surface area (TPSA) is 169 Å². The van der Waals surface area contributed by atoms with Crippen molar-refractivity contribution in [2.75, 3.05) is 47.0 Å². The van der Waals surface area contributed by atoms with Crippen LogP contribution in [-0.4, -0.2) is 102 Å². The molecule has 0 aliphatic carbocycles. The number of aliphatic hydroxyl groups excluding tert-OH is 1. The van der Waals surface area contributed by atoms with Crippen LogP contribution in [-0.2, 0) is 32.7 Å². The lowest BCUT2D eigenvalue weighted by Gasteiger charge is -2.62. The fraction of sp³-hybridized carbons (Fsp3) is 0.556. The number of likely N-dealkylation sites (N-methyl/N-ethyl adjacent to an activating group) is 1. The third-order valence-corrected chi connectivity index (χ3v) is 15.2. The Morgan fingerprint density at radius 2 is 1.77 bits per heavy atom. The maximum atomic E-state index is 14.8. The molecule has 15 heteroatoms. The van der Waals surface area contributed by atoms with E-state index in [0.717, 1.165) is 42.4 Å². The minimum Gasteiger partial charge on any atom is -0.504 e. The number of ether oxygens (including phenoxy) is 6. The molecule has 7 aliphatic rings. The first-order valence-electron chi connectivity index (χ1n) is 21.1. The minimum atomic E-state index is -1.36. The van der Waals surface area contributed by atoms with E-state index >= 15 is 0 Å². The highest BCUT2D eigenvalue weighted by Gasteiger charge is 2.61. The van der Waals surface area contributed by atoms with Crippen LogP contribution in [0, 0.1) is 13.8 Å². The molecule has 2 fully saturated rings. The van der Waals surface area contributed by atoms with Crippen LogP contribution < -0.4 is 29.0 Å². The first kappa shape index (κ1) is 41.0. The van der Waals surface area contributed by atoms with Crippen LogP contribution >= 0.6 is 11.8 Å². The number of unbranched alkanes of at least 4 members (excludes halogenated alkanes) is 4. The Morgan fingerprint density at radius 3 is 2.53 bits per heavy atom. The zero-order chi connectivity index (χ0) is 42.2. The highest BCUT2D eigenvalue weighted by Crippen LogP contribution is 2.64. The molecule has 10 rings (SSSR count). The summed E-state index contributed by atoms with van der Waals surface area (Å²) < 4.78 is 36.7. The average molecular weight is 846 g/mol. The molecule has 3 aromatic carbocycles. The van der Waals surface area contributed by atoms with Gasteiger partial charge in [-0.15, -0.1) is 11.8 Å². The number of nitrogens with zero attached hydrogens (tertiary/aromatic N) is 2. The van der Waals surface area contributed by atoms with Gasteiger partial charge in [0.15, 0.2) is 40.0 Å². The Labute approximate surface area is 354 Å². The van der Waals surface area contributed by atoms with E-state index < -0.39 is 47.2 Å². The van der Waals surface area contributed by atoms with E-state index in [-0.39, 0.29) is 48.8 Å². The maximum Gasteiger partial charge on any atom is 0.331 e. The van der Waals surface area contributed by atoms with Crippen molar-refractivity contribution in [3.63, 3.8) is 0 Å². The molecule has 0 saturated carbocycles. The normalized spacial score (nSPS) is 27.7. The molecule has 7 aliphatic heterocycles. The van der Waals surface area contributed by atoms with Crippen molar-refractivity contribution in [1.29, 1.82) is 0 Å². The summed E-state index contributed by atoms with van der Waals surface area (Å²) in [5, 5.41) is 38.6. The van der Waals surface area contributed by atoms with Crippen molar-refractivity contribution >= 4 is 23.7 Å². The summed E-state index contributed by atoms with van der Waals surface area (Å²) in [5.74, 6) is 1.24. The summed E-state index contributed by atoms with van der Waals surface area (Å²) in [7, 11) is 5.00. The van der Waals surface area contributed by atoms with Crippen molar-refractivity contribution < 1.29 is 53.3 Å². The number of carbonyl (C=O) groups excluding carboxylic acids is 2. The van der Waals surface area contributed by atoms with Crippen LogP contribution in [0.4, 0.5) is 0 Å². The molecule has 0 amide bonds. The smallest absolute Gasteiger partial charge is 0.331 e. The summed E-state index contributed by atoms with van der Waals surface area (Å²) in [6.07, 6.45) is 5.07. The van der Waals surface area contributed by atoms with Gasteiger partial charge >= 0.3 is 11.9 Å². The Morgan fingerprint density at radius 1 is 0.983 bits per heavy atom. The summed E-state index contributed by atoms with van der Waals surface area (Å²) in [4.78, 5) is 33.0. The van der Waals surface area contributed by atoms with Crippen LogP contribution in [0.25, 0.3) is 0 Å². The van der Waals surface area contributed by atoms with Gasteiger partial charge in [-0.1, -0.05) is 38.7 Å². The van der Waals surface area contributed by atoms with Crippen molar-refractivity contribution in [3.8, 4) is 40.2 Å². The number of hydrogen-bond acceptors (Lipinski definition) is 15. The molecular weight excluding hydrogens is 791 g/mol. The number of aromatic hydroxyl groups is 2. The van der Waals surface area contributed by atoms with Gasteiger partial charge in [0.2, 0.25) is 6.79 Å². The van der Waals surface area contributed by atoms with E-state index in [4.69, 9.17) is 28.4 Å². The monoisotopic (exact) mass is 845 g/mol. The molecular formula is C45H55N3O11S. The SMILES string of the molecule is CCCCCCCC(=O)Oc1c(C)c2c(c3c1[C@H]1SC[C@]4(NCCc5cc(O)c(OC)cc54)C(=O)OC[C@H]3N3[C@@H]1[C@H]1c4c(cc(C)c(OC)c4O)C[C@@H]([C@@H]3O)N1C)OCO2. The molecule has 0 unspecified atom stereocenters. The summed E-state index contributed by atoms with van der Waals surface area (Å²) in [5.41, 5.74) is 4.48. The standard InChI is InChI=1S/C45H55N3O11S/c1-7-8-9-10-11-12-31(50)59-39-23(3)40-41(58-21-57-40)33-28-19-56-44(53)45(26-18-30(54-5)29(49)17-24(26)13-14-46-45)20-60-42(34(33)39)36-35-32-25(15-22(2)38(55-6)37(32)51)16-27(47(35)4)43(52)48(28)36/h15,17-18,27-28,35-36,42-43,46,49,51-52H,7-14,16,19-21H2,1-6H3/t27-,28+,35+,36+,42+,43-,45+/m0/s1. The second-order valence-corrected chi connectivity index (χ2v) is 18.1. The molecule has 1 spiro atoms. The van der Waals surface area contributed by atoms with Crippen molar-refractivity contribution in [3.05, 3.63) is 62.7 Å². The fourth-order valence-electron chi connectivity index (χ4n) is 10.9. The highest BCUT2D eigenvalue weighted by atomic mass is 32.2. The van der Waals surface area contributed by atoms with Gasteiger partial charge in [0, 0.05) is 47.0 Å².